The third kappa shape index (κ3) is 4.88. The van der Waals surface area contributed by atoms with E-state index in [1.165, 1.54) is 0 Å². The Hall–Kier alpha value is -3.23. The summed E-state index contributed by atoms with van der Waals surface area (Å²) in [5.41, 5.74) is 5.52. The number of hydrogen-bond donors (Lipinski definition) is 3. The number of aliphatic hydroxyl groups is 1. The minimum atomic E-state index is 0. The number of hydrogen-bond acceptors (Lipinski definition) is 4. The zero-order valence-corrected chi connectivity index (χ0v) is 22.5. The number of aldehydes is 1. The number of carbonyl (C=O) groups excluding carboxylic acids is 1. The van der Waals surface area contributed by atoms with Crippen molar-refractivity contribution in [2.45, 2.75) is 6.61 Å². The number of fused-ring (bicyclic) bond motifs is 6. The third-order valence-electron chi connectivity index (χ3n) is 6.00. The average Bonchev–Trinajstić information content (AvgIpc) is 3.46. The van der Waals surface area contributed by atoms with Crippen LogP contribution in [0.15, 0.2) is 72.8 Å². The van der Waals surface area contributed by atoms with Crippen LogP contribution in [0.1, 0.15) is 17.3 Å². The van der Waals surface area contributed by atoms with Crippen LogP contribution < -0.4 is 39.0 Å². The maximum Gasteiger partial charge on any atom is 1.00 e. The number of H-pyrrole nitrogens is 2. The smallest absolute Gasteiger partial charge is 1.00 e. The standard InChI is InChI=1S/C14H13NO2.C14H11NO2.B.Na.H/c2*1-17-13-7-9(8-16)6-11-10-4-2-3-5-12(10)15-14(11)13;;;/h2-7,15-16H,8H2,1H3;2-8,15H,1H3;;;/q;;;+1;-1. The summed E-state index contributed by atoms with van der Waals surface area (Å²) in [7, 11) is 3.25. The van der Waals surface area contributed by atoms with Gasteiger partial charge < -0.3 is 26.0 Å². The van der Waals surface area contributed by atoms with Gasteiger partial charge in [0.1, 0.15) is 17.8 Å². The molecule has 4 aromatic carbocycles. The van der Waals surface area contributed by atoms with E-state index in [4.69, 9.17) is 9.47 Å². The molecule has 175 valence electrons. The van der Waals surface area contributed by atoms with Gasteiger partial charge >= 0.3 is 29.6 Å². The Balaban J connectivity index is 0.000000241. The van der Waals surface area contributed by atoms with E-state index in [-0.39, 0.29) is 46.0 Å². The van der Waals surface area contributed by atoms with Crippen LogP contribution in [0.3, 0.4) is 0 Å². The summed E-state index contributed by atoms with van der Waals surface area (Å²) in [5, 5.41) is 13.6. The van der Waals surface area contributed by atoms with Crippen molar-refractivity contribution in [2.75, 3.05) is 14.2 Å². The van der Waals surface area contributed by atoms with Gasteiger partial charge in [-0.05, 0) is 42.0 Å². The fourth-order valence-corrected chi connectivity index (χ4v) is 4.40. The molecule has 2 heterocycles. The molecule has 0 aliphatic heterocycles. The molecule has 0 fully saturated rings. The summed E-state index contributed by atoms with van der Waals surface area (Å²) in [6.07, 6.45) is 0.837. The van der Waals surface area contributed by atoms with E-state index >= 15 is 0 Å². The fourth-order valence-electron chi connectivity index (χ4n) is 4.40. The van der Waals surface area contributed by atoms with E-state index in [2.05, 4.69) is 16.0 Å². The average molecular weight is 487 g/mol. The molecule has 6 rings (SSSR count). The summed E-state index contributed by atoms with van der Waals surface area (Å²) in [6.45, 7) is 0.0196. The molecule has 6 nitrogen and oxygen atoms in total. The first-order valence-electron chi connectivity index (χ1n) is 10.9. The molecule has 8 heteroatoms. The fraction of sp³-hybridized carbons (Fsp3) is 0.107. The van der Waals surface area contributed by atoms with Gasteiger partial charge in [-0.2, -0.15) is 0 Å². The third-order valence-corrected chi connectivity index (χ3v) is 6.00. The maximum atomic E-state index is 10.9. The van der Waals surface area contributed by atoms with E-state index in [0.29, 0.717) is 11.3 Å². The van der Waals surface area contributed by atoms with Crippen LogP contribution in [0.4, 0.5) is 0 Å². The second kappa shape index (κ2) is 11.7. The number of para-hydroxylation sites is 2. The number of aromatic nitrogens is 2. The molecule has 3 radical (unpaired) electrons. The van der Waals surface area contributed by atoms with Gasteiger partial charge in [-0.15, -0.1) is 0 Å². The molecule has 0 aliphatic carbocycles. The van der Waals surface area contributed by atoms with Crippen molar-refractivity contribution in [3.05, 3.63) is 83.9 Å². The van der Waals surface area contributed by atoms with Gasteiger partial charge in [0, 0.05) is 46.6 Å². The normalized spacial score (nSPS) is 10.4. The molecule has 0 amide bonds. The van der Waals surface area contributed by atoms with Gasteiger partial charge in [-0.3, -0.25) is 4.79 Å². The van der Waals surface area contributed by atoms with Gasteiger partial charge in [0.15, 0.2) is 0 Å². The topological polar surface area (TPSA) is 87.3 Å². The summed E-state index contributed by atoms with van der Waals surface area (Å²) in [5.74, 6) is 1.46. The molecule has 0 spiro atoms. The van der Waals surface area contributed by atoms with Gasteiger partial charge in [-0.1, -0.05) is 36.4 Å². The zero-order valence-electron chi connectivity index (χ0n) is 21.5. The van der Waals surface area contributed by atoms with Crippen LogP contribution in [-0.4, -0.2) is 44.0 Å². The molecule has 6 aromatic rings. The SMILES string of the molecule is COc1cc(C=O)cc2c1[nH]c1ccccc12.COc1cc(CO)cc2c1[nH]c1ccccc12.[B].[H-].[Na+]. The Kier molecular flexibility index (Phi) is 8.87. The Labute approximate surface area is 234 Å². The summed E-state index contributed by atoms with van der Waals surface area (Å²) >= 11 is 0. The van der Waals surface area contributed by atoms with Crippen LogP contribution in [-0.2, 0) is 6.61 Å². The van der Waals surface area contributed by atoms with Gasteiger partial charge in [0.2, 0.25) is 0 Å². The number of benzene rings is 4. The Morgan fingerprint density at radius 2 is 1.28 bits per heavy atom. The molecular weight excluding hydrogens is 462 g/mol. The first kappa shape index (κ1) is 27.4. The van der Waals surface area contributed by atoms with Crippen molar-refractivity contribution in [1.29, 1.82) is 0 Å². The Bertz CT molecular complexity index is 1660. The van der Waals surface area contributed by atoms with Crippen molar-refractivity contribution in [3.8, 4) is 11.5 Å². The van der Waals surface area contributed by atoms with Crippen molar-refractivity contribution in [3.63, 3.8) is 0 Å². The van der Waals surface area contributed by atoms with Crippen LogP contribution in [0.2, 0.25) is 0 Å². The molecule has 2 aromatic heterocycles. The number of aliphatic hydroxyl groups excluding tert-OH is 1. The molecule has 0 saturated heterocycles. The van der Waals surface area contributed by atoms with Crippen LogP contribution in [0.5, 0.6) is 11.5 Å². The van der Waals surface area contributed by atoms with E-state index in [9.17, 15) is 9.90 Å². The maximum absolute atomic E-state index is 10.9. The van der Waals surface area contributed by atoms with Crippen molar-refractivity contribution >= 4 is 58.3 Å². The molecule has 0 unspecified atom stereocenters. The number of aromatic amines is 2. The first-order valence-corrected chi connectivity index (χ1v) is 10.9. The van der Waals surface area contributed by atoms with E-state index in [0.717, 1.165) is 61.2 Å². The number of methoxy groups -OCH3 is 2. The van der Waals surface area contributed by atoms with E-state index in [1.54, 1.807) is 20.3 Å². The number of nitrogens with one attached hydrogen (secondary N) is 2. The second-order valence-corrected chi connectivity index (χ2v) is 7.98. The molecular formula is C28H25BN2NaO4. The number of carbonyl (C=O) groups is 1. The van der Waals surface area contributed by atoms with Gasteiger partial charge in [-0.25, -0.2) is 0 Å². The van der Waals surface area contributed by atoms with Crippen LogP contribution in [0, 0.1) is 0 Å². The van der Waals surface area contributed by atoms with E-state index < -0.39 is 0 Å². The number of rotatable bonds is 4. The largest absolute Gasteiger partial charge is 1.00 e. The van der Waals surface area contributed by atoms with Gasteiger partial charge in [0.25, 0.3) is 0 Å². The monoisotopic (exact) mass is 487 g/mol. The van der Waals surface area contributed by atoms with Crippen LogP contribution in [0.25, 0.3) is 43.6 Å². The Morgan fingerprint density at radius 1 is 0.778 bits per heavy atom. The summed E-state index contributed by atoms with van der Waals surface area (Å²) < 4.78 is 10.7. The quantitative estimate of drug-likeness (QED) is 0.264. The minimum absolute atomic E-state index is 0. The van der Waals surface area contributed by atoms with Crippen molar-refractivity contribution in [1.82, 2.24) is 9.97 Å². The minimum Gasteiger partial charge on any atom is -1.00 e. The molecule has 0 aliphatic rings. The Morgan fingerprint density at radius 3 is 1.78 bits per heavy atom. The summed E-state index contributed by atoms with van der Waals surface area (Å²) in [6, 6.07) is 23.6. The second-order valence-electron chi connectivity index (χ2n) is 7.98. The van der Waals surface area contributed by atoms with Gasteiger partial charge in [0.05, 0.1) is 31.9 Å². The first-order chi connectivity index (χ1) is 16.7. The molecule has 36 heavy (non-hydrogen) atoms. The van der Waals surface area contributed by atoms with Crippen molar-refractivity contribution < 1.29 is 50.4 Å². The molecule has 3 N–H and O–H groups in total. The zero-order chi connectivity index (χ0) is 23.7. The van der Waals surface area contributed by atoms with Crippen LogP contribution >= 0.6 is 0 Å². The summed E-state index contributed by atoms with van der Waals surface area (Å²) in [4.78, 5) is 17.6. The molecule has 0 saturated carbocycles. The predicted octanol–water partition coefficient (Wildman–Crippen LogP) is 2.70. The molecule has 0 atom stereocenters. The van der Waals surface area contributed by atoms with Crippen molar-refractivity contribution in [2.24, 2.45) is 0 Å². The predicted molar refractivity (Wildman–Crippen MR) is 143 cm³/mol. The molecule has 0 bridgehead atoms. The number of ether oxygens (including phenoxy) is 2. The van der Waals surface area contributed by atoms with E-state index in [1.807, 2.05) is 60.7 Å².